The van der Waals surface area contributed by atoms with Crippen LogP contribution in [-0.4, -0.2) is 12.8 Å². The summed E-state index contributed by atoms with van der Waals surface area (Å²) in [5, 5.41) is 4.03. The minimum Gasteiger partial charge on any atom is -0.399 e. The molecule has 0 heterocycles. The fourth-order valence-electron chi connectivity index (χ4n) is 1.34. The highest BCUT2D eigenvalue weighted by molar-refractivity contribution is 6.00. The third-order valence-corrected chi connectivity index (χ3v) is 2.07. The fraction of sp³-hybridized carbons (Fsp3) is 0.417. The van der Waals surface area contributed by atoms with E-state index in [9.17, 15) is 0 Å². The summed E-state index contributed by atoms with van der Waals surface area (Å²) >= 11 is 0. The summed E-state index contributed by atoms with van der Waals surface area (Å²) in [5.74, 6) is 0. The van der Waals surface area contributed by atoms with Crippen molar-refractivity contribution in [2.24, 2.45) is 5.16 Å². The molecular formula is C12H17NO. The van der Waals surface area contributed by atoms with Gasteiger partial charge in [-0.2, -0.15) is 0 Å². The van der Waals surface area contributed by atoms with E-state index < -0.39 is 0 Å². The predicted octanol–water partition coefficient (Wildman–Crippen LogP) is 3.15. The van der Waals surface area contributed by atoms with Crippen LogP contribution in [0.15, 0.2) is 29.4 Å². The number of benzene rings is 1. The van der Waals surface area contributed by atoms with E-state index in [1.165, 1.54) is 5.56 Å². The Kier molecular flexibility index (Phi) is 4.17. The van der Waals surface area contributed by atoms with E-state index in [1.807, 2.05) is 0 Å². The van der Waals surface area contributed by atoms with Gasteiger partial charge >= 0.3 is 0 Å². The molecule has 0 fully saturated rings. The van der Waals surface area contributed by atoms with Gasteiger partial charge < -0.3 is 4.84 Å². The van der Waals surface area contributed by atoms with Gasteiger partial charge in [0, 0.05) is 0 Å². The van der Waals surface area contributed by atoms with Gasteiger partial charge in [-0.25, -0.2) is 0 Å². The summed E-state index contributed by atoms with van der Waals surface area (Å²) in [6.45, 7) is 4.22. The quantitative estimate of drug-likeness (QED) is 0.529. The van der Waals surface area contributed by atoms with Gasteiger partial charge in [0.2, 0.25) is 0 Å². The van der Waals surface area contributed by atoms with Crippen molar-refractivity contribution in [2.45, 2.75) is 26.7 Å². The molecule has 0 atom stereocenters. The van der Waals surface area contributed by atoms with Gasteiger partial charge in [0.15, 0.2) is 0 Å². The second-order valence-corrected chi connectivity index (χ2v) is 3.34. The molecule has 0 saturated carbocycles. The standard InChI is InChI=1S/C12H17NO/c1-4-5-12(13-14-3)11-8-6-10(2)7-9-11/h6-9H,4-5H2,1-3H3. The molecule has 2 heteroatoms. The summed E-state index contributed by atoms with van der Waals surface area (Å²) in [6.07, 6.45) is 2.03. The van der Waals surface area contributed by atoms with Crippen LogP contribution in [0.1, 0.15) is 30.9 Å². The molecule has 76 valence electrons. The first-order chi connectivity index (χ1) is 6.77. The first-order valence-corrected chi connectivity index (χ1v) is 4.95. The summed E-state index contributed by atoms with van der Waals surface area (Å²) in [6, 6.07) is 8.36. The molecule has 0 unspecified atom stereocenters. The SMILES string of the molecule is CCCC(=NOC)c1ccc(C)cc1. The summed E-state index contributed by atoms with van der Waals surface area (Å²) in [7, 11) is 1.59. The van der Waals surface area contributed by atoms with E-state index in [1.54, 1.807) is 7.11 Å². The van der Waals surface area contributed by atoms with Crippen LogP contribution in [0.5, 0.6) is 0 Å². The molecule has 0 saturated heterocycles. The van der Waals surface area contributed by atoms with Crippen molar-refractivity contribution >= 4 is 5.71 Å². The van der Waals surface area contributed by atoms with Gasteiger partial charge in [0.1, 0.15) is 7.11 Å². The summed E-state index contributed by atoms with van der Waals surface area (Å²) in [5.41, 5.74) is 3.44. The van der Waals surface area contributed by atoms with Crippen molar-refractivity contribution in [3.8, 4) is 0 Å². The zero-order valence-electron chi connectivity index (χ0n) is 9.08. The Balaban J connectivity index is 2.88. The third kappa shape index (κ3) is 2.87. The lowest BCUT2D eigenvalue weighted by molar-refractivity contribution is 0.213. The molecule has 1 aromatic carbocycles. The smallest absolute Gasteiger partial charge is 0.106 e. The third-order valence-electron chi connectivity index (χ3n) is 2.07. The first kappa shape index (κ1) is 10.8. The second-order valence-electron chi connectivity index (χ2n) is 3.34. The second kappa shape index (κ2) is 5.43. The van der Waals surface area contributed by atoms with E-state index in [0.717, 1.165) is 24.1 Å². The van der Waals surface area contributed by atoms with Crippen LogP contribution in [0.4, 0.5) is 0 Å². The van der Waals surface area contributed by atoms with Crippen LogP contribution in [0.25, 0.3) is 0 Å². The van der Waals surface area contributed by atoms with Crippen LogP contribution < -0.4 is 0 Å². The van der Waals surface area contributed by atoms with Crippen molar-refractivity contribution in [3.63, 3.8) is 0 Å². The molecule has 0 aliphatic carbocycles. The van der Waals surface area contributed by atoms with E-state index in [2.05, 4.69) is 43.3 Å². The molecule has 0 aromatic heterocycles. The molecule has 0 aliphatic rings. The fourth-order valence-corrected chi connectivity index (χ4v) is 1.34. The number of hydrogen-bond acceptors (Lipinski definition) is 2. The van der Waals surface area contributed by atoms with Crippen molar-refractivity contribution in [1.29, 1.82) is 0 Å². The van der Waals surface area contributed by atoms with E-state index >= 15 is 0 Å². The van der Waals surface area contributed by atoms with Crippen LogP contribution >= 0.6 is 0 Å². The molecule has 0 spiro atoms. The molecular weight excluding hydrogens is 174 g/mol. The van der Waals surface area contributed by atoms with Gasteiger partial charge in [0.25, 0.3) is 0 Å². The van der Waals surface area contributed by atoms with Gasteiger partial charge in [-0.05, 0) is 18.9 Å². The zero-order chi connectivity index (χ0) is 10.4. The van der Waals surface area contributed by atoms with Crippen LogP contribution in [-0.2, 0) is 4.84 Å². The average molecular weight is 191 g/mol. The van der Waals surface area contributed by atoms with Gasteiger partial charge in [-0.1, -0.05) is 48.3 Å². The maximum atomic E-state index is 4.83. The van der Waals surface area contributed by atoms with Crippen LogP contribution in [0.3, 0.4) is 0 Å². The maximum Gasteiger partial charge on any atom is 0.106 e. The van der Waals surface area contributed by atoms with E-state index in [4.69, 9.17) is 4.84 Å². The Bertz CT molecular complexity index is 301. The van der Waals surface area contributed by atoms with E-state index in [0.29, 0.717) is 0 Å². The van der Waals surface area contributed by atoms with Crippen molar-refractivity contribution in [2.75, 3.05) is 7.11 Å². The Morgan fingerprint density at radius 2 is 1.93 bits per heavy atom. The maximum absolute atomic E-state index is 4.83. The number of nitrogens with zero attached hydrogens (tertiary/aromatic N) is 1. The summed E-state index contributed by atoms with van der Waals surface area (Å²) < 4.78 is 0. The largest absolute Gasteiger partial charge is 0.399 e. The molecule has 0 bridgehead atoms. The molecule has 1 rings (SSSR count). The lowest BCUT2D eigenvalue weighted by Gasteiger charge is -2.04. The van der Waals surface area contributed by atoms with E-state index in [-0.39, 0.29) is 0 Å². The number of oxime groups is 1. The minimum atomic E-state index is 0.955. The first-order valence-electron chi connectivity index (χ1n) is 4.95. The molecule has 14 heavy (non-hydrogen) atoms. The highest BCUT2D eigenvalue weighted by Crippen LogP contribution is 2.08. The minimum absolute atomic E-state index is 0.955. The Morgan fingerprint density at radius 3 is 2.43 bits per heavy atom. The van der Waals surface area contributed by atoms with Crippen molar-refractivity contribution in [1.82, 2.24) is 0 Å². The molecule has 0 amide bonds. The molecule has 1 aromatic rings. The summed E-state index contributed by atoms with van der Waals surface area (Å²) in [4.78, 5) is 4.83. The monoisotopic (exact) mass is 191 g/mol. The molecule has 0 N–H and O–H groups in total. The predicted molar refractivity (Wildman–Crippen MR) is 59.6 cm³/mol. The van der Waals surface area contributed by atoms with Crippen LogP contribution in [0, 0.1) is 6.92 Å². The van der Waals surface area contributed by atoms with Crippen molar-refractivity contribution < 1.29 is 4.84 Å². The molecule has 0 aliphatic heterocycles. The van der Waals surface area contributed by atoms with Crippen LogP contribution in [0.2, 0.25) is 0 Å². The number of hydrogen-bond donors (Lipinski definition) is 0. The van der Waals surface area contributed by atoms with Crippen molar-refractivity contribution in [3.05, 3.63) is 35.4 Å². The molecule has 2 nitrogen and oxygen atoms in total. The highest BCUT2D eigenvalue weighted by atomic mass is 16.6. The normalized spacial score (nSPS) is 11.5. The number of aryl methyl sites for hydroxylation is 1. The molecule has 0 radical (unpaired) electrons. The topological polar surface area (TPSA) is 21.6 Å². The van der Waals surface area contributed by atoms with Gasteiger partial charge in [0.05, 0.1) is 5.71 Å². The zero-order valence-corrected chi connectivity index (χ0v) is 9.08. The highest BCUT2D eigenvalue weighted by Gasteiger charge is 2.02. The Hall–Kier alpha value is -1.31. The average Bonchev–Trinajstić information content (AvgIpc) is 2.19. The van der Waals surface area contributed by atoms with Gasteiger partial charge in [-0.3, -0.25) is 0 Å². The lowest BCUT2D eigenvalue weighted by Crippen LogP contribution is -2.00. The Labute approximate surface area is 85.6 Å². The lowest BCUT2D eigenvalue weighted by atomic mass is 10.0. The number of rotatable bonds is 4. The Morgan fingerprint density at radius 1 is 1.29 bits per heavy atom. The van der Waals surface area contributed by atoms with Gasteiger partial charge in [-0.15, -0.1) is 0 Å².